The summed E-state index contributed by atoms with van der Waals surface area (Å²) in [4.78, 5) is 10.8. The molecule has 1 atom stereocenters. The van der Waals surface area contributed by atoms with Crippen molar-refractivity contribution in [3.8, 4) is 17.1 Å². The molecule has 0 spiro atoms. The van der Waals surface area contributed by atoms with E-state index in [1.165, 1.54) is 23.9 Å². The fourth-order valence-electron chi connectivity index (χ4n) is 4.23. The number of hydrogen-bond acceptors (Lipinski definition) is 7. The molecule has 1 unspecified atom stereocenters. The summed E-state index contributed by atoms with van der Waals surface area (Å²) in [6.45, 7) is 1.96. The third-order valence-electron chi connectivity index (χ3n) is 5.95. The zero-order valence-electron chi connectivity index (χ0n) is 18.9. The molecule has 6 rings (SSSR count). The van der Waals surface area contributed by atoms with Crippen molar-refractivity contribution in [3.63, 3.8) is 0 Å². The number of aromatic nitrogens is 5. The fourth-order valence-corrected chi connectivity index (χ4v) is 5.58. The van der Waals surface area contributed by atoms with Crippen molar-refractivity contribution < 1.29 is 4.92 Å². The van der Waals surface area contributed by atoms with Crippen molar-refractivity contribution in [3.05, 3.63) is 111 Å². The van der Waals surface area contributed by atoms with E-state index >= 15 is 0 Å². The van der Waals surface area contributed by atoms with E-state index in [9.17, 15) is 10.1 Å². The smallest absolute Gasteiger partial charge is 0.269 e. The van der Waals surface area contributed by atoms with Gasteiger partial charge in [-0.15, -0.1) is 10.2 Å². The number of nitrogens with one attached hydrogen (secondary N) is 1. The average Bonchev–Trinajstić information content (AvgIpc) is 3.38. The van der Waals surface area contributed by atoms with Gasteiger partial charge in [-0.2, -0.15) is 5.10 Å². The number of anilines is 1. The van der Waals surface area contributed by atoms with E-state index in [2.05, 4.69) is 15.6 Å². The van der Waals surface area contributed by atoms with Gasteiger partial charge < -0.3 is 0 Å². The summed E-state index contributed by atoms with van der Waals surface area (Å²) in [6.07, 6.45) is 0. The van der Waals surface area contributed by atoms with Crippen molar-refractivity contribution in [2.75, 3.05) is 5.43 Å². The Balaban J connectivity index is 1.55. The Labute approximate surface area is 214 Å². The Morgan fingerprint density at radius 1 is 1.00 bits per heavy atom. The Bertz CT molecular complexity index is 1580. The van der Waals surface area contributed by atoms with E-state index in [0.29, 0.717) is 16.0 Å². The van der Waals surface area contributed by atoms with Crippen molar-refractivity contribution >= 4 is 34.9 Å². The first-order valence-corrected chi connectivity index (χ1v) is 12.3. The van der Waals surface area contributed by atoms with Crippen molar-refractivity contribution in [1.29, 1.82) is 0 Å². The monoisotopic (exact) mass is 515 g/mol. The second kappa shape index (κ2) is 8.81. The molecule has 36 heavy (non-hydrogen) atoms. The molecule has 0 radical (unpaired) electrons. The van der Waals surface area contributed by atoms with Gasteiger partial charge in [0, 0.05) is 28.3 Å². The highest BCUT2D eigenvalue weighted by Crippen LogP contribution is 2.47. The number of thioether (sulfide) groups is 1. The topological polar surface area (TPSA) is 104 Å². The van der Waals surface area contributed by atoms with Crippen molar-refractivity contribution in [1.82, 2.24) is 24.7 Å². The Hall–Kier alpha value is -4.15. The quantitative estimate of drug-likeness (QED) is 0.229. The molecule has 0 amide bonds. The third-order valence-corrected chi connectivity index (χ3v) is 7.42. The van der Waals surface area contributed by atoms with Crippen LogP contribution in [0, 0.1) is 17.0 Å². The summed E-state index contributed by atoms with van der Waals surface area (Å²) in [5.74, 6) is 1.39. The highest BCUT2D eigenvalue weighted by Gasteiger charge is 2.33. The van der Waals surface area contributed by atoms with Crippen molar-refractivity contribution in [2.45, 2.75) is 17.3 Å². The minimum Gasteiger partial charge on any atom is -0.273 e. The van der Waals surface area contributed by atoms with E-state index in [-0.39, 0.29) is 10.9 Å². The van der Waals surface area contributed by atoms with E-state index < -0.39 is 4.92 Å². The van der Waals surface area contributed by atoms with Gasteiger partial charge in [0.1, 0.15) is 0 Å². The zero-order chi connectivity index (χ0) is 24.8. The van der Waals surface area contributed by atoms with Gasteiger partial charge in [-0.3, -0.25) is 15.5 Å². The number of benzene rings is 3. The number of rotatable bonds is 4. The van der Waals surface area contributed by atoms with Gasteiger partial charge in [-0.05, 0) is 48.9 Å². The van der Waals surface area contributed by atoms with Crippen LogP contribution < -0.4 is 5.43 Å². The molecule has 0 aliphatic carbocycles. The molecule has 3 aromatic carbocycles. The zero-order valence-corrected chi connectivity index (χ0v) is 20.4. The minimum absolute atomic E-state index is 0.0422. The first-order chi connectivity index (χ1) is 17.5. The molecule has 0 saturated carbocycles. The van der Waals surface area contributed by atoms with Crippen LogP contribution in [0.25, 0.3) is 17.1 Å². The van der Waals surface area contributed by atoms with Crippen LogP contribution in [0.4, 0.5) is 11.5 Å². The van der Waals surface area contributed by atoms with Gasteiger partial charge in [0.25, 0.3) is 5.69 Å². The lowest BCUT2D eigenvalue weighted by atomic mass is 10.0. The molecule has 1 aliphatic heterocycles. The number of non-ortho nitro benzene ring substituents is 1. The van der Waals surface area contributed by atoms with Crippen LogP contribution in [0.2, 0.25) is 5.02 Å². The number of halogens is 1. The summed E-state index contributed by atoms with van der Waals surface area (Å²) < 4.78 is 3.71. The van der Waals surface area contributed by atoms with Gasteiger partial charge >= 0.3 is 0 Å². The highest BCUT2D eigenvalue weighted by atomic mass is 35.5. The summed E-state index contributed by atoms with van der Waals surface area (Å²) in [5, 5.41) is 26.1. The number of hydrogen-bond donors (Lipinski definition) is 1. The van der Waals surface area contributed by atoms with Crippen LogP contribution in [0.3, 0.4) is 0 Å². The summed E-state index contributed by atoms with van der Waals surface area (Å²) in [6, 6.07) is 23.9. The molecule has 5 aromatic rings. The number of nitro benzene ring substituents is 1. The van der Waals surface area contributed by atoms with Crippen LogP contribution in [-0.2, 0) is 0 Å². The van der Waals surface area contributed by atoms with Gasteiger partial charge in [-0.1, -0.05) is 53.7 Å². The van der Waals surface area contributed by atoms with E-state index in [0.717, 1.165) is 33.9 Å². The van der Waals surface area contributed by atoms with Crippen LogP contribution >= 0.6 is 23.4 Å². The van der Waals surface area contributed by atoms with Gasteiger partial charge in [0.2, 0.25) is 5.16 Å². The maximum absolute atomic E-state index is 11.2. The van der Waals surface area contributed by atoms with E-state index in [4.69, 9.17) is 16.7 Å². The molecule has 0 fully saturated rings. The van der Waals surface area contributed by atoms with Crippen LogP contribution in [0.5, 0.6) is 0 Å². The van der Waals surface area contributed by atoms with Gasteiger partial charge in [-0.25, -0.2) is 9.36 Å². The van der Waals surface area contributed by atoms with E-state index in [1.54, 1.807) is 12.1 Å². The SMILES string of the molecule is Cc1nn(-c2ccccc2)c2c1C(c1ccc([N+](=O)[O-])cc1)Sc1nnc(-c3ccc(Cl)cc3)n1N2. The lowest BCUT2D eigenvalue weighted by Gasteiger charge is -2.15. The number of aryl methyl sites for hydroxylation is 1. The summed E-state index contributed by atoms with van der Waals surface area (Å²) >= 11 is 7.61. The predicted molar refractivity (Wildman–Crippen MR) is 139 cm³/mol. The largest absolute Gasteiger partial charge is 0.273 e. The molecule has 0 bridgehead atoms. The molecule has 9 nitrogen and oxygen atoms in total. The highest BCUT2D eigenvalue weighted by molar-refractivity contribution is 7.99. The van der Waals surface area contributed by atoms with Crippen molar-refractivity contribution in [2.24, 2.45) is 0 Å². The van der Waals surface area contributed by atoms with Crippen LogP contribution in [-0.4, -0.2) is 29.6 Å². The Kier molecular flexibility index (Phi) is 5.46. The molecule has 1 N–H and O–H groups in total. The minimum atomic E-state index is -0.398. The predicted octanol–water partition coefficient (Wildman–Crippen LogP) is 6.07. The first-order valence-electron chi connectivity index (χ1n) is 11.0. The van der Waals surface area contributed by atoms with Gasteiger partial charge in [0.15, 0.2) is 11.6 Å². The molecule has 3 heterocycles. The number of para-hydroxylation sites is 1. The third kappa shape index (κ3) is 3.80. The first kappa shape index (κ1) is 22.3. The molecule has 1 aliphatic rings. The standard InChI is InChI=1S/C25H18ClN7O2S/c1-15-21-22(16-9-13-20(14-10-16)33(34)35)36-25-28-27-23(17-7-11-18(26)12-8-17)32(25)30-24(21)31(29-15)19-5-3-2-4-6-19/h2-14,22,30H,1H3. The molecule has 11 heteroatoms. The van der Waals surface area contributed by atoms with Crippen LogP contribution in [0.15, 0.2) is 84.0 Å². The lowest BCUT2D eigenvalue weighted by molar-refractivity contribution is -0.384. The van der Waals surface area contributed by atoms with Gasteiger partial charge in [0.05, 0.1) is 21.6 Å². The summed E-state index contributed by atoms with van der Waals surface area (Å²) in [7, 11) is 0. The number of fused-ring (bicyclic) bond motifs is 2. The average molecular weight is 516 g/mol. The molecule has 0 saturated heterocycles. The second-order valence-corrected chi connectivity index (χ2v) is 9.71. The van der Waals surface area contributed by atoms with E-state index in [1.807, 2.05) is 70.9 Å². The maximum atomic E-state index is 11.2. The number of nitro groups is 1. The normalized spacial score (nSPS) is 14.4. The Morgan fingerprint density at radius 3 is 2.42 bits per heavy atom. The number of nitrogens with zero attached hydrogens (tertiary/aromatic N) is 6. The van der Waals surface area contributed by atoms with Crippen LogP contribution in [0.1, 0.15) is 22.1 Å². The molecular weight excluding hydrogens is 498 g/mol. The lowest BCUT2D eigenvalue weighted by Crippen LogP contribution is -2.15. The molecular formula is C25H18ClN7O2S. The maximum Gasteiger partial charge on any atom is 0.269 e. The fraction of sp³-hybridized carbons (Fsp3) is 0.0800. The molecule has 2 aromatic heterocycles. The molecule has 178 valence electrons. The summed E-state index contributed by atoms with van der Waals surface area (Å²) in [5.41, 5.74) is 8.00. The second-order valence-electron chi connectivity index (χ2n) is 8.20. The Morgan fingerprint density at radius 2 is 1.72 bits per heavy atom.